The molecule has 1 aliphatic rings. The molecular weight excluding hydrogens is 234 g/mol. The highest BCUT2D eigenvalue weighted by Crippen LogP contribution is 2.29. The number of carbonyl (C=O) groups is 1. The van der Waals surface area contributed by atoms with Gasteiger partial charge in [-0.15, -0.1) is 0 Å². The van der Waals surface area contributed by atoms with Crippen LogP contribution in [0.1, 0.15) is 48.9 Å². The summed E-state index contributed by atoms with van der Waals surface area (Å²) in [4.78, 5) is 16.5. The van der Waals surface area contributed by atoms with Crippen LogP contribution in [0.25, 0.3) is 10.8 Å². The molecule has 2 nitrogen and oxygen atoms in total. The van der Waals surface area contributed by atoms with Crippen molar-refractivity contribution in [1.82, 2.24) is 4.98 Å². The van der Waals surface area contributed by atoms with Crippen LogP contribution in [0.15, 0.2) is 36.7 Å². The van der Waals surface area contributed by atoms with E-state index >= 15 is 0 Å². The molecule has 1 fully saturated rings. The van der Waals surface area contributed by atoms with Crippen LogP contribution in [0.4, 0.5) is 0 Å². The number of Topliss-reactive ketones (excluding diaryl/α,β-unsaturated/α-hetero) is 1. The van der Waals surface area contributed by atoms with Crippen molar-refractivity contribution in [2.75, 3.05) is 0 Å². The fourth-order valence-electron chi connectivity index (χ4n) is 3.13. The Kier molecular flexibility index (Phi) is 3.58. The third-order valence-electron chi connectivity index (χ3n) is 4.24. The van der Waals surface area contributed by atoms with Crippen molar-refractivity contribution in [1.29, 1.82) is 0 Å². The van der Waals surface area contributed by atoms with E-state index < -0.39 is 0 Å². The maximum atomic E-state index is 12.4. The molecule has 0 saturated heterocycles. The van der Waals surface area contributed by atoms with Crippen LogP contribution < -0.4 is 0 Å². The van der Waals surface area contributed by atoms with Gasteiger partial charge in [0.25, 0.3) is 0 Å². The molecular formula is C17H19NO. The summed E-state index contributed by atoms with van der Waals surface area (Å²) in [7, 11) is 0. The second-order valence-electron chi connectivity index (χ2n) is 5.51. The van der Waals surface area contributed by atoms with E-state index in [0.717, 1.165) is 28.7 Å². The zero-order valence-corrected chi connectivity index (χ0v) is 11.1. The quantitative estimate of drug-likeness (QED) is 0.756. The molecule has 19 heavy (non-hydrogen) atoms. The number of ketones is 1. The lowest BCUT2D eigenvalue weighted by atomic mass is 9.95. The van der Waals surface area contributed by atoms with Gasteiger partial charge in [-0.05, 0) is 23.8 Å². The Morgan fingerprint density at radius 1 is 1.21 bits per heavy atom. The molecule has 0 radical (unpaired) electrons. The number of hydrogen-bond acceptors (Lipinski definition) is 2. The standard InChI is InChI=1S/C17H19NO/c19-17(9-8-13-4-1-2-5-13)15-7-3-6-14-10-11-18-12-16(14)15/h3,6-7,10-13H,1-2,4-5,8-9H2. The van der Waals surface area contributed by atoms with Crippen LogP contribution in [0.5, 0.6) is 0 Å². The molecule has 0 amide bonds. The number of nitrogens with zero attached hydrogens (tertiary/aromatic N) is 1. The van der Waals surface area contributed by atoms with Gasteiger partial charge in [0.1, 0.15) is 0 Å². The zero-order chi connectivity index (χ0) is 13.1. The highest BCUT2D eigenvalue weighted by atomic mass is 16.1. The maximum Gasteiger partial charge on any atom is 0.163 e. The van der Waals surface area contributed by atoms with Crippen LogP contribution in [-0.4, -0.2) is 10.8 Å². The summed E-state index contributed by atoms with van der Waals surface area (Å²) in [5.74, 6) is 1.04. The summed E-state index contributed by atoms with van der Waals surface area (Å²) in [6.07, 6.45) is 10.6. The van der Waals surface area contributed by atoms with Gasteiger partial charge in [-0.1, -0.05) is 43.9 Å². The van der Waals surface area contributed by atoms with Crippen LogP contribution in [0, 0.1) is 5.92 Å². The molecule has 1 aromatic carbocycles. The minimum atomic E-state index is 0.269. The van der Waals surface area contributed by atoms with Crippen molar-refractivity contribution in [2.45, 2.75) is 38.5 Å². The molecule has 0 atom stereocenters. The van der Waals surface area contributed by atoms with Gasteiger partial charge in [-0.3, -0.25) is 9.78 Å². The molecule has 0 aliphatic heterocycles. The van der Waals surface area contributed by atoms with E-state index in [1.165, 1.54) is 25.7 Å². The Bertz CT molecular complexity index is 579. The van der Waals surface area contributed by atoms with Crippen LogP contribution >= 0.6 is 0 Å². The summed E-state index contributed by atoms with van der Waals surface area (Å²) in [5, 5.41) is 2.09. The first-order valence-corrected chi connectivity index (χ1v) is 7.20. The van der Waals surface area contributed by atoms with E-state index in [1.54, 1.807) is 12.4 Å². The molecule has 0 unspecified atom stereocenters. The average Bonchev–Trinajstić information content (AvgIpc) is 2.97. The minimum absolute atomic E-state index is 0.269. The number of benzene rings is 1. The lowest BCUT2D eigenvalue weighted by Gasteiger charge is -2.09. The first kappa shape index (κ1) is 12.3. The number of hydrogen-bond donors (Lipinski definition) is 0. The molecule has 0 bridgehead atoms. The van der Waals surface area contributed by atoms with E-state index in [9.17, 15) is 4.79 Å². The van der Waals surface area contributed by atoms with Crippen LogP contribution in [0.2, 0.25) is 0 Å². The molecule has 2 aromatic rings. The molecule has 1 saturated carbocycles. The van der Waals surface area contributed by atoms with E-state index in [-0.39, 0.29) is 5.78 Å². The molecule has 2 heteroatoms. The average molecular weight is 253 g/mol. The summed E-state index contributed by atoms with van der Waals surface area (Å²) in [6.45, 7) is 0. The summed E-state index contributed by atoms with van der Waals surface area (Å²) in [6, 6.07) is 7.89. The number of fused-ring (bicyclic) bond motifs is 1. The maximum absolute atomic E-state index is 12.4. The largest absolute Gasteiger partial charge is 0.294 e. The Balaban J connectivity index is 1.77. The van der Waals surface area contributed by atoms with E-state index in [1.807, 2.05) is 24.3 Å². The molecule has 0 N–H and O–H groups in total. The fourth-order valence-corrected chi connectivity index (χ4v) is 3.13. The third-order valence-corrected chi connectivity index (χ3v) is 4.24. The van der Waals surface area contributed by atoms with Crippen molar-refractivity contribution in [3.8, 4) is 0 Å². The van der Waals surface area contributed by atoms with Crippen LogP contribution in [0.3, 0.4) is 0 Å². The summed E-state index contributed by atoms with van der Waals surface area (Å²) < 4.78 is 0. The van der Waals surface area contributed by atoms with Gasteiger partial charge in [0.2, 0.25) is 0 Å². The van der Waals surface area contributed by atoms with Crippen LogP contribution in [-0.2, 0) is 0 Å². The van der Waals surface area contributed by atoms with E-state index in [0.29, 0.717) is 6.42 Å². The number of carbonyl (C=O) groups excluding carboxylic acids is 1. The smallest absolute Gasteiger partial charge is 0.163 e. The summed E-state index contributed by atoms with van der Waals surface area (Å²) >= 11 is 0. The molecule has 1 heterocycles. The Morgan fingerprint density at radius 3 is 2.89 bits per heavy atom. The monoisotopic (exact) mass is 253 g/mol. The summed E-state index contributed by atoms with van der Waals surface area (Å²) in [5.41, 5.74) is 0.837. The number of aromatic nitrogens is 1. The van der Waals surface area contributed by atoms with E-state index in [2.05, 4.69) is 4.98 Å². The van der Waals surface area contributed by atoms with Gasteiger partial charge in [-0.25, -0.2) is 0 Å². The number of rotatable bonds is 4. The van der Waals surface area contributed by atoms with Crippen molar-refractivity contribution >= 4 is 16.6 Å². The fraction of sp³-hybridized carbons (Fsp3) is 0.412. The second kappa shape index (κ2) is 5.52. The van der Waals surface area contributed by atoms with Crippen molar-refractivity contribution < 1.29 is 4.79 Å². The SMILES string of the molecule is O=C(CCC1CCCC1)c1cccc2ccncc12. The molecule has 98 valence electrons. The predicted molar refractivity (Wildman–Crippen MR) is 77.3 cm³/mol. The zero-order valence-electron chi connectivity index (χ0n) is 11.1. The highest BCUT2D eigenvalue weighted by molar-refractivity contribution is 6.07. The Morgan fingerprint density at radius 2 is 2.05 bits per heavy atom. The van der Waals surface area contributed by atoms with Gasteiger partial charge in [0.15, 0.2) is 5.78 Å². The minimum Gasteiger partial charge on any atom is -0.294 e. The first-order valence-electron chi connectivity index (χ1n) is 7.20. The lowest BCUT2D eigenvalue weighted by Crippen LogP contribution is -2.03. The topological polar surface area (TPSA) is 30.0 Å². The number of pyridine rings is 1. The molecule has 1 aromatic heterocycles. The van der Waals surface area contributed by atoms with E-state index in [4.69, 9.17) is 0 Å². The van der Waals surface area contributed by atoms with Gasteiger partial charge in [0.05, 0.1) is 0 Å². The molecule has 1 aliphatic carbocycles. The predicted octanol–water partition coefficient (Wildman–Crippen LogP) is 4.39. The molecule has 3 rings (SSSR count). The second-order valence-corrected chi connectivity index (χ2v) is 5.51. The van der Waals surface area contributed by atoms with Crippen molar-refractivity contribution in [3.63, 3.8) is 0 Å². The third kappa shape index (κ3) is 2.67. The Labute approximate surface area is 113 Å². The van der Waals surface area contributed by atoms with Gasteiger partial charge in [-0.2, -0.15) is 0 Å². The van der Waals surface area contributed by atoms with Crippen molar-refractivity contribution in [2.24, 2.45) is 5.92 Å². The van der Waals surface area contributed by atoms with Gasteiger partial charge in [0, 0.05) is 29.8 Å². The normalized spacial score (nSPS) is 16.0. The Hall–Kier alpha value is -1.70. The first-order chi connectivity index (χ1) is 9.34. The van der Waals surface area contributed by atoms with Gasteiger partial charge < -0.3 is 0 Å². The molecule has 0 spiro atoms. The highest BCUT2D eigenvalue weighted by Gasteiger charge is 2.17. The van der Waals surface area contributed by atoms with Gasteiger partial charge >= 0.3 is 0 Å². The lowest BCUT2D eigenvalue weighted by molar-refractivity contribution is 0.0975. The van der Waals surface area contributed by atoms with Crippen molar-refractivity contribution in [3.05, 3.63) is 42.2 Å².